The summed E-state index contributed by atoms with van der Waals surface area (Å²) in [5.74, 6) is -0.982. The van der Waals surface area contributed by atoms with Crippen LogP contribution in [0.4, 0.5) is 5.69 Å². The number of hydrogen-bond donors (Lipinski definition) is 2. The first-order valence-electron chi connectivity index (χ1n) is 6.35. The zero-order valence-electron chi connectivity index (χ0n) is 11.3. The number of benzene rings is 1. The maximum atomic E-state index is 12.1. The summed E-state index contributed by atoms with van der Waals surface area (Å²) in [6, 6.07) is 6.89. The summed E-state index contributed by atoms with van der Waals surface area (Å²) >= 11 is 0. The molecule has 0 unspecified atom stereocenters. The van der Waals surface area contributed by atoms with Crippen LogP contribution in [-0.4, -0.2) is 42.0 Å². The minimum absolute atomic E-state index is 0.0487. The molecule has 1 rings (SSSR count). The van der Waals surface area contributed by atoms with Gasteiger partial charge in [-0.15, -0.1) is 0 Å². The first-order valence-corrected chi connectivity index (χ1v) is 6.35. The molecule has 0 heterocycles. The van der Waals surface area contributed by atoms with Crippen LogP contribution >= 0.6 is 0 Å². The van der Waals surface area contributed by atoms with Gasteiger partial charge in [-0.1, -0.05) is 19.4 Å². The molecular weight excluding hydrogens is 244 g/mol. The fourth-order valence-corrected chi connectivity index (χ4v) is 1.66. The summed E-state index contributed by atoms with van der Waals surface area (Å²) < 4.78 is 0. The van der Waals surface area contributed by atoms with Crippen molar-refractivity contribution in [3.63, 3.8) is 0 Å². The molecule has 5 heteroatoms. The number of nitrogens with one attached hydrogen (secondary N) is 1. The molecule has 0 aliphatic rings. The normalized spacial score (nSPS) is 10.0. The Morgan fingerprint density at radius 2 is 2.11 bits per heavy atom. The Morgan fingerprint density at radius 3 is 2.74 bits per heavy atom. The SMILES string of the molecule is CCCCN(C)C(=O)c1cccc(NCC(=O)O)c1. The van der Waals surface area contributed by atoms with E-state index in [2.05, 4.69) is 12.2 Å². The van der Waals surface area contributed by atoms with E-state index in [4.69, 9.17) is 5.11 Å². The monoisotopic (exact) mass is 264 g/mol. The van der Waals surface area contributed by atoms with E-state index in [0.29, 0.717) is 11.3 Å². The molecule has 2 N–H and O–H groups in total. The molecule has 0 aromatic heterocycles. The van der Waals surface area contributed by atoms with E-state index in [1.54, 1.807) is 36.2 Å². The fraction of sp³-hybridized carbons (Fsp3) is 0.429. The van der Waals surface area contributed by atoms with Gasteiger partial charge in [0.2, 0.25) is 0 Å². The van der Waals surface area contributed by atoms with E-state index < -0.39 is 5.97 Å². The summed E-state index contributed by atoms with van der Waals surface area (Å²) in [5, 5.41) is 11.4. The molecule has 0 bridgehead atoms. The lowest BCUT2D eigenvalue weighted by Crippen LogP contribution is -2.27. The fourth-order valence-electron chi connectivity index (χ4n) is 1.66. The van der Waals surface area contributed by atoms with Crippen molar-refractivity contribution in [1.29, 1.82) is 0 Å². The summed E-state index contributed by atoms with van der Waals surface area (Å²) in [4.78, 5) is 24.3. The van der Waals surface area contributed by atoms with Gasteiger partial charge < -0.3 is 15.3 Å². The summed E-state index contributed by atoms with van der Waals surface area (Å²) in [6.45, 7) is 2.64. The largest absolute Gasteiger partial charge is 0.480 e. The Balaban J connectivity index is 2.69. The standard InChI is InChI=1S/C14H20N2O3/c1-3-4-8-16(2)14(19)11-6-5-7-12(9-11)15-10-13(17)18/h5-7,9,15H,3-4,8,10H2,1-2H3,(H,17,18). The second-order valence-corrected chi connectivity index (χ2v) is 4.41. The quantitative estimate of drug-likeness (QED) is 0.791. The van der Waals surface area contributed by atoms with Crippen molar-refractivity contribution >= 4 is 17.6 Å². The van der Waals surface area contributed by atoms with E-state index in [9.17, 15) is 9.59 Å². The smallest absolute Gasteiger partial charge is 0.322 e. The van der Waals surface area contributed by atoms with Gasteiger partial charge in [0, 0.05) is 24.8 Å². The maximum absolute atomic E-state index is 12.1. The molecule has 0 saturated heterocycles. The zero-order chi connectivity index (χ0) is 14.3. The Hall–Kier alpha value is -2.04. The Bertz CT molecular complexity index is 446. The molecule has 0 fully saturated rings. The van der Waals surface area contributed by atoms with E-state index >= 15 is 0 Å². The van der Waals surface area contributed by atoms with Crippen LogP contribution in [0.25, 0.3) is 0 Å². The van der Waals surface area contributed by atoms with Gasteiger partial charge in [-0.2, -0.15) is 0 Å². The summed E-state index contributed by atoms with van der Waals surface area (Å²) in [6.07, 6.45) is 2.01. The van der Waals surface area contributed by atoms with Gasteiger partial charge in [-0.25, -0.2) is 0 Å². The lowest BCUT2D eigenvalue weighted by molar-refractivity contribution is -0.134. The van der Waals surface area contributed by atoms with Crippen molar-refractivity contribution in [2.45, 2.75) is 19.8 Å². The molecule has 19 heavy (non-hydrogen) atoms. The number of carboxylic acids is 1. The highest BCUT2D eigenvalue weighted by atomic mass is 16.4. The highest BCUT2D eigenvalue weighted by Crippen LogP contribution is 2.12. The maximum Gasteiger partial charge on any atom is 0.322 e. The summed E-state index contributed by atoms with van der Waals surface area (Å²) in [7, 11) is 1.77. The Labute approximate surface area is 113 Å². The van der Waals surface area contributed by atoms with Crippen molar-refractivity contribution in [3.05, 3.63) is 29.8 Å². The van der Waals surface area contributed by atoms with Crippen LogP contribution < -0.4 is 5.32 Å². The summed E-state index contributed by atoms with van der Waals surface area (Å²) in [5.41, 5.74) is 1.20. The highest BCUT2D eigenvalue weighted by Gasteiger charge is 2.11. The molecule has 0 aliphatic carbocycles. The van der Waals surface area contributed by atoms with E-state index in [1.165, 1.54) is 0 Å². The molecule has 1 aromatic carbocycles. The average Bonchev–Trinajstić information content (AvgIpc) is 2.42. The predicted octanol–water partition coefficient (Wildman–Crippen LogP) is 2.06. The molecule has 0 saturated carbocycles. The minimum Gasteiger partial charge on any atom is -0.480 e. The van der Waals surface area contributed by atoms with Crippen molar-refractivity contribution < 1.29 is 14.7 Å². The number of carbonyl (C=O) groups excluding carboxylic acids is 1. The lowest BCUT2D eigenvalue weighted by Gasteiger charge is -2.17. The zero-order valence-corrected chi connectivity index (χ0v) is 11.3. The second kappa shape index (κ2) is 7.41. The van der Waals surface area contributed by atoms with Gasteiger partial charge in [0.1, 0.15) is 6.54 Å². The number of carbonyl (C=O) groups is 2. The third-order valence-corrected chi connectivity index (χ3v) is 2.75. The number of anilines is 1. The van der Waals surface area contributed by atoms with Crippen LogP contribution in [0.15, 0.2) is 24.3 Å². The Morgan fingerprint density at radius 1 is 1.37 bits per heavy atom. The second-order valence-electron chi connectivity index (χ2n) is 4.41. The predicted molar refractivity (Wildman–Crippen MR) is 74.4 cm³/mol. The van der Waals surface area contributed by atoms with Crippen LogP contribution in [0.2, 0.25) is 0 Å². The van der Waals surface area contributed by atoms with Gasteiger partial charge in [-0.3, -0.25) is 9.59 Å². The van der Waals surface area contributed by atoms with Gasteiger partial charge in [0.05, 0.1) is 0 Å². The van der Waals surface area contributed by atoms with Crippen LogP contribution in [-0.2, 0) is 4.79 Å². The topological polar surface area (TPSA) is 69.6 Å². The van der Waals surface area contributed by atoms with Gasteiger partial charge in [-0.05, 0) is 24.6 Å². The van der Waals surface area contributed by atoms with Crippen molar-refractivity contribution in [2.75, 3.05) is 25.5 Å². The van der Waals surface area contributed by atoms with Crippen molar-refractivity contribution in [2.24, 2.45) is 0 Å². The van der Waals surface area contributed by atoms with Crippen molar-refractivity contribution in [3.8, 4) is 0 Å². The van der Waals surface area contributed by atoms with Gasteiger partial charge in [0.25, 0.3) is 5.91 Å². The number of carboxylic acid groups (broad SMARTS) is 1. The molecule has 104 valence electrons. The number of hydrogen-bond acceptors (Lipinski definition) is 3. The molecular formula is C14H20N2O3. The number of amides is 1. The first-order chi connectivity index (χ1) is 9.04. The molecule has 0 atom stereocenters. The first kappa shape index (κ1) is 15.0. The van der Waals surface area contributed by atoms with Crippen LogP contribution in [0.5, 0.6) is 0 Å². The molecule has 1 amide bonds. The molecule has 0 radical (unpaired) electrons. The average molecular weight is 264 g/mol. The van der Waals surface area contributed by atoms with Gasteiger partial charge >= 0.3 is 5.97 Å². The number of nitrogens with zero attached hydrogens (tertiary/aromatic N) is 1. The number of rotatable bonds is 7. The lowest BCUT2D eigenvalue weighted by atomic mass is 10.1. The molecule has 0 spiro atoms. The van der Waals surface area contributed by atoms with Gasteiger partial charge in [0.15, 0.2) is 0 Å². The third kappa shape index (κ3) is 4.99. The highest BCUT2D eigenvalue weighted by molar-refractivity contribution is 5.95. The van der Waals surface area contributed by atoms with E-state index in [1.807, 2.05) is 0 Å². The van der Waals surface area contributed by atoms with Crippen LogP contribution in [0.3, 0.4) is 0 Å². The van der Waals surface area contributed by atoms with E-state index in [0.717, 1.165) is 19.4 Å². The Kier molecular flexibility index (Phi) is 5.85. The van der Waals surface area contributed by atoms with Crippen molar-refractivity contribution in [1.82, 2.24) is 4.90 Å². The van der Waals surface area contributed by atoms with Crippen LogP contribution in [0.1, 0.15) is 30.1 Å². The van der Waals surface area contributed by atoms with E-state index in [-0.39, 0.29) is 12.5 Å². The third-order valence-electron chi connectivity index (χ3n) is 2.75. The molecule has 0 aliphatic heterocycles. The number of unbranched alkanes of at least 4 members (excludes halogenated alkanes) is 1. The van der Waals surface area contributed by atoms with Crippen LogP contribution in [0, 0.1) is 0 Å². The minimum atomic E-state index is -0.934. The number of aliphatic carboxylic acids is 1. The molecule has 1 aromatic rings. The molecule has 5 nitrogen and oxygen atoms in total.